The number of nitrogen functional groups attached to an aromatic ring is 1. The number of anilines is 2. The molecule has 5 rings (SSSR count). The average molecular weight is 514 g/mol. The van der Waals surface area contributed by atoms with E-state index in [9.17, 15) is 4.79 Å². The number of benzene rings is 2. The Morgan fingerprint density at radius 3 is 2.60 bits per heavy atom. The van der Waals surface area contributed by atoms with E-state index in [1.54, 1.807) is 24.4 Å². The highest BCUT2D eigenvalue weighted by Gasteiger charge is 2.28. The van der Waals surface area contributed by atoms with Crippen LogP contribution in [-0.4, -0.2) is 47.1 Å². The second-order valence-corrected chi connectivity index (χ2v) is 9.83. The third-order valence-electron chi connectivity index (χ3n) is 6.22. The van der Waals surface area contributed by atoms with Crippen molar-refractivity contribution in [2.24, 2.45) is 0 Å². The number of nitrogens with zero attached hydrogens (tertiary/aromatic N) is 4. The summed E-state index contributed by atoms with van der Waals surface area (Å²) in [6.45, 7) is 2.79. The van der Waals surface area contributed by atoms with E-state index in [0.717, 1.165) is 42.0 Å². The first-order valence-electron chi connectivity index (χ1n) is 11.8. The van der Waals surface area contributed by atoms with Crippen LogP contribution in [0.2, 0.25) is 5.02 Å². The standard InChI is InChI=1S/C25H28ClN5O3S/c26-19-5-2-7-21(15-19)31-25(32)24(33-22-8-3-9-22)23(16-28-31)29-10-12-30(13-11-29)34-35-17-18-4-1-6-20(27)14-18/h1-2,4-7,14-16,22H,3,8-13,17,27H2. The second kappa shape index (κ2) is 10.9. The van der Waals surface area contributed by atoms with Crippen LogP contribution in [0.4, 0.5) is 11.4 Å². The minimum atomic E-state index is -0.270. The highest BCUT2D eigenvalue weighted by Crippen LogP contribution is 2.31. The summed E-state index contributed by atoms with van der Waals surface area (Å²) in [4.78, 5) is 15.6. The monoisotopic (exact) mass is 513 g/mol. The predicted molar refractivity (Wildman–Crippen MR) is 140 cm³/mol. The molecule has 0 amide bonds. The van der Waals surface area contributed by atoms with Gasteiger partial charge >= 0.3 is 5.56 Å². The van der Waals surface area contributed by atoms with Gasteiger partial charge in [0, 0.05) is 54.7 Å². The van der Waals surface area contributed by atoms with Crippen LogP contribution >= 0.6 is 23.6 Å². The van der Waals surface area contributed by atoms with E-state index < -0.39 is 0 Å². The summed E-state index contributed by atoms with van der Waals surface area (Å²) in [6.07, 6.45) is 4.84. The number of nitrogens with two attached hydrogens (primary N) is 1. The first-order valence-corrected chi connectivity index (χ1v) is 13.0. The summed E-state index contributed by atoms with van der Waals surface area (Å²) in [7, 11) is 0. The number of rotatable bonds is 8. The van der Waals surface area contributed by atoms with Crippen LogP contribution in [0, 0.1) is 0 Å². The third-order valence-corrected chi connectivity index (χ3v) is 7.22. The number of hydrogen-bond donors (Lipinski definition) is 1. The molecule has 0 unspecified atom stereocenters. The summed E-state index contributed by atoms with van der Waals surface area (Å²) in [5.41, 5.74) is 8.79. The Bertz CT molecular complexity index is 1230. The molecular weight excluding hydrogens is 486 g/mol. The molecule has 1 aliphatic heterocycles. The van der Waals surface area contributed by atoms with Crippen molar-refractivity contribution in [1.82, 2.24) is 14.8 Å². The fourth-order valence-electron chi connectivity index (χ4n) is 4.07. The van der Waals surface area contributed by atoms with Gasteiger partial charge in [-0.3, -0.25) is 4.79 Å². The summed E-state index contributed by atoms with van der Waals surface area (Å²) in [5.74, 6) is 1.08. The molecule has 2 heterocycles. The van der Waals surface area contributed by atoms with Gasteiger partial charge in [0.15, 0.2) is 0 Å². The quantitative estimate of drug-likeness (QED) is 0.352. The van der Waals surface area contributed by atoms with Crippen molar-refractivity contribution >= 4 is 35.0 Å². The van der Waals surface area contributed by atoms with Crippen LogP contribution in [0.15, 0.2) is 59.5 Å². The maximum atomic E-state index is 13.4. The Balaban J connectivity index is 1.27. The van der Waals surface area contributed by atoms with Gasteiger partial charge in [-0.05, 0) is 55.2 Å². The van der Waals surface area contributed by atoms with E-state index in [-0.39, 0.29) is 11.7 Å². The van der Waals surface area contributed by atoms with Gasteiger partial charge in [-0.15, -0.1) is 0 Å². The van der Waals surface area contributed by atoms with E-state index in [1.807, 2.05) is 35.4 Å². The fourth-order valence-corrected chi connectivity index (χ4v) is 4.92. The molecule has 0 spiro atoms. The van der Waals surface area contributed by atoms with Crippen molar-refractivity contribution < 1.29 is 9.02 Å². The van der Waals surface area contributed by atoms with Crippen LogP contribution < -0.4 is 20.9 Å². The van der Waals surface area contributed by atoms with Crippen molar-refractivity contribution in [2.45, 2.75) is 31.1 Å². The molecule has 1 aromatic heterocycles. The Kier molecular flexibility index (Phi) is 7.48. The molecule has 1 saturated heterocycles. The van der Waals surface area contributed by atoms with Crippen molar-refractivity contribution in [2.75, 3.05) is 36.8 Å². The molecule has 2 fully saturated rings. The zero-order valence-corrected chi connectivity index (χ0v) is 20.9. The van der Waals surface area contributed by atoms with Crippen LogP contribution in [0.5, 0.6) is 5.75 Å². The van der Waals surface area contributed by atoms with Crippen LogP contribution in [0.25, 0.3) is 5.69 Å². The minimum absolute atomic E-state index is 0.0738. The van der Waals surface area contributed by atoms with Crippen LogP contribution in [0.1, 0.15) is 24.8 Å². The Hall–Kier alpha value is -2.72. The lowest BCUT2D eigenvalue weighted by molar-refractivity contribution is -0.0415. The molecule has 184 valence electrons. The van der Waals surface area contributed by atoms with Gasteiger partial charge in [0.2, 0.25) is 5.75 Å². The number of aromatic nitrogens is 2. The lowest BCUT2D eigenvalue weighted by Crippen LogP contribution is -2.46. The molecular formula is C25H28ClN5O3S. The zero-order valence-electron chi connectivity index (χ0n) is 19.3. The number of halogens is 1. The minimum Gasteiger partial charge on any atom is -0.483 e. The maximum Gasteiger partial charge on any atom is 0.316 e. The van der Waals surface area contributed by atoms with E-state index in [4.69, 9.17) is 26.4 Å². The molecule has 8 nitrogen and oxygen atoms in total. The normalized spacial score (nSPS) is 16.8. The van der Waals surface area contributed by atoms with E-state index in [0.29, 0.717) is 42.6 Å². The number of piperazine rings is 1. The van der Waals surface area contributed by atoms with Gasteiger partial charge in [-0.2, -0.15) is 14.8 Å². The molecule has 3 aromatic rings. The number of hydroxylamine groups is 2. The van der Waals surface area contributed by atoms with Crippen molar-refractivity contribution in [3.8, 4) is 11.4 Å². The molecule has 1 saturated carbocycles. The Labute approximate surface area is 213 Å². The van der Waals surface area contributed by atoms with Gasteiger partial charge in [0.05, 0.1) is 18.0 Å². The van der Waals surface area contributed by atoms with Crippen molar-refractivity contribution in [3.05, 3.63) is 75.7 Å². The zero-order chi connectivity index (χ0) is 24.2. The molecule has 0 radical (unpaired) electrons. The van der Waals surface area contributed by atoms with Gasteiger partial charge in [-0.1, -0.05) is 29.8 Å². The summed E-state index contributed by atoms with van der Waals surface area (Å²) < 4.78 is 13.5. The molecule has 2 N–H and O–H groups in total. The summed E-state index contributed by atoms with van der Waals surface area (Å²) in [6, 6.07) is 14.9. The molecule has 1 aliphatic carbocycles. The molecule has 2 aromatic carbocycles. The van der Waals surface area contributed by atoms with Crippen molar-refractivity contribution in [3.63, 3.8) is 0 Å². The second-order valence-electron chi connectivity index (χ2n) is 8.72. The van der Waals surface area contributed by atoms with Gasteiger partial charge in [0.1, 0.15) is 5.69 Å². The molecule has 10 heteroatoms. The van der Waals surface area contributed by atoms with Crippen LogP contribution in [0.3, 0.4) is 0 Å². The summed E-state index contributed by atoms with van der Waals surface area (Å²) in [5, 5.41) is 6.94. The van der Waals surface area contributed by atoms with E-state index >= 15 is 0 Å². The molecule has 2 aliphatic rings. The highest BCUT2D eigenvalue weighted by molar-refractivity contribution is 7.93. The van der Waals surface area contributed by atoms with Crippen molar-refractivity contribution in [1.29, 1.82) is 0 Å². The van der Waals surface area contributed by atoms with Gasteiger partial charge in [-0.25, -0.2) is 4.28 Å². The Morgan fingerprint density at radius 1 is 1.09 bits per heavy atom. The number of hydrogen-bond acceptors (Lipinski definition) is 8. The van der Waals surface area contributed by atoms with E-state index in [1.165, 1.54) is 16.7 Å². The Morgan fingerprint density at radius 2 is 1.89 bits per heavy atom. The highest BCUT2D eigenvalue weighted by atomic mass is 35.5. The van der Waals surface area contributed by atoms with E-state index in [2.05, 4.69) is 10.00 Å². The maximum absolute atomic E-state index is 13.4. The molecule has 35 heavy (non-hydrogen) atoms. The van der Waals surface area contributed by atoms with Crippen LogP contribution in [-0.2, 0) is 10.0 Å². The third kappa shape index (κ3) is 5.75. The predicted octanol–water partition coefficient (Wildman–Crippen LogP) is 4.30. The lowest BCUT2D eigenvalue weighted by atomic mass is 9.96. The number of ether oxygens (including phenoxy) is 1. The fraction of sp³-hybridized carbons (Fsp3) is 0.360. The van der Waals surface area contributed by atoms with Gasteiger partial charge in [0.25, 0.3) is 0 Å². The largest absolute Gasteiger partial charge is 0.483 e. The smallest absolute Gasteiger partial charge is 0.316 e. The molecule has 0 bridgehead atoms. The molecule has 0 atom stereocenters. The summed E-state index contributed by atoms with van der Waals surface area (Å²) >= 11 is 7.54. The average Bonchev–Trinajstić information content (AvgIpc) is 2.82. The first kappa shape index (κ1) is 24.0. The topological polar surface area (TPSA) is 85.9 Å². The van der Waals surface area contributed by atoms with Gasteiger partial charge < -0.3 is 15.4 Å². The SMILES string of the molecule is Nc1cccc(CSON2CCN(c3cnn(-c4cccc(Cl)c4)c(=O)c3OC3CCC3)CC2)c1. The lowest BCUT2D eigenvalue weighted by Gasteiger charge is -2.36. The first-order chi connectivity index (χ1) is 17.1.